The molecule has 0 saturated carbocycles. The molecular formula is C23H26N4O2. The van der Waals surface area contributed by atoms with E-state index in [0.717, 1.165) is 42.7 Å². The summed E-state index contributed by atoms with van der Waals surface area (Å²) in [6.45, 7) is 3.90. The number of nitrogens with one attached hydrogen (secondary N) is 2. The van der Waals surface area contributed by atoms with Crippen LogP contribution < -0.4 is 5.69 Å². The van der Waals surface area contributed by atoms with Crippen LogP contribution in [0.3, 0.4) is 0 Å². The van der Waals surface area contributed by atoms with Crippen molar-refractivity contribution in [3.8, 4) is 0 Å². The molecule has 0 spiro atoms. The zero-order valence-electron chi connectivity index (χ0n) is 16.5. The van der Waals surface area contributed by atoms with Gasteiger partial charge in [-0.25, -0.2) is 4.79 Å². The molecule has 2 aromatic carbocycles. The first-order valence-electron chi connectivity index (χ1n) is 10.5. The molecule has 6 nitrogen and oxygen atoms in total. The highest BCUT2D eigenvalue weighted by molar-refractivity contribution is 5.82. The van der Waals surface area contributed by atoms with Crippen LogP contribution in [0.5, 0.6) is 0 Å². The molecule has 1 aromatic heterocycles. The van der Waals surface area contributed by atoms with Gasteiger partial charge in [0.1, 0.15) is 0 Å². The quantitative estimate of drug-likeness (QED) is 0.719. The van der Waals surface area contributed by atoms with Gasteiger partial charge in [0, 0.05) is 19.1 Å². The number of benzene rings is 2. The minimum atomic E-state index is -0.221. The zero-order valence-corrected chi connectivity index (χ0v) is 16.5. The molecule has 2 N–H and O–H groups in total. The summed E-state index contributed by atoms with van der Waals surface area (Å²) in [6.07, 6.45) is 3.78. The lowest BCUT2D eigenvalue weighted by molar-refractivity contribution is -0.134. The number of hydrogen-bond donors (Lipinski definition) is 2. The van der Waals surface area contributed by atoms with Crippen LogP contribution in [0.4, 0.5) is 0 Å². The van der Waals surface area contributed by atoms with Crippen molar-refractivity contribution in [1.82, 2.24) is 19.8 Å². The molecule has 1 saturated heterocycles. The van der Waals surface area contributed by atoms with Gasteiger partial charge in [-0.2, -0.15) is 0 Å². The van der Waals surface area contributed by atoms with E-state index in [9.17, 15) is 9.59 Å². The van der Waals surface area contributed by atoms with Crippen LogP contribution in [-0.4, -0.2) is 51.4 Å². The highest BCUT2D eigenvalue weighted by Gasteiger charge is 2.31. The first-order valence-corrected chi connectivity index (χ1v) is 10.5. The average molecular weight is 390 g/mol. The van der Waals surface area contributed by atoms with Crippen molar-refractivity contribution in [2.45, 2.75) is 38.3 Å². The third-order valence-electron chi connectivity index (χ3n) is 6.28. The smallest absolute Gasteiger partial charge is 0.323 e. The Balaban J connectivity index is 1.38. The van der Waals surface area contributed by atoms with Crippen molar-refractivity contribution < 1.29 is 4.79 Å². The number of nitrogens with zero attached hydrogens (tertiary/aromatic N) is 2. The number of H-pyrrole nitrogens is 2. The molecule has 2 aliphatic heterocycles. The fraction of sp³-hybridized carbons (Fsp3) is 0.391. The molecule has 1 amide bonds. The highest BCUT2D eigenvalue weighted by atomic mass is 16.2. The molecule has 0 radical (unpaired) electrons. The second-order valence-corrected chi connectivity index (χ2v) is 8.29. The molecular weight excluding hydrogens is 364 g/mol. The monoisotopic (exact) mass is 390 g/mol. The van der Waals surface area contributed by atoms with Crippen molar-refractivity contribution >= 4 is 16.9 Å². The number of amides is 1. The van der Waals surface area contributed by atoms with E-state index in [2.05, 4.69) is 44.0 Å². The molecule has 1 unspecified atom stereocenters. The van der Waals surface area contributed by atoms with E-state index >= 15 is 0 Å². The van der Waals surface area contributed by atoms with E-state index in [1.54, 1.807) is 0 Å². The van der Waals surface area contributed by atoms with Crippen LogP contribution in [0.2, 0.25) is 0 Å². The first-order chi connectivity index (χ1) is 14.2. The highest BCUT2D eigenvalue weighted by Crippen LogP contribution is 2.26. The predicted molar refractivity (Wildman–Crippen MR) is 113 cm³/mol. The number of imidazole rings is 1. The van der Waals surface area contributed by atoms with E-state index in [4.69, 9.17) is 0 Å². The molecule has 150 valence electrons. The molecule has 6 heteroatoms. The van der Waals surface area contributed by atoms with Crippen LogP contribution in [0.15, 0.2) is 47.3 Å². The van der Waals surface area contributed by atoms with Gasteiger partial charge in [-0.1, -0.05) is 30.3 Å². The summed E-state index contributed by atoms with van der Waals surface area (Å²) in [5.74, 6) is 0.154. The SMILES string of the molecule is O=C(Cc1ccc2[nH]c(=O)[nH]c2c1)N1Cc2ccccc2CC1CN1CCCC1. The molecule has 5 rings (SSSR count). The topological polar surface area (TPSA) is 72.2 Å². The zero-order chi connectivity index (χ0) is 19.8. The maximum absolute atomic E-state index is 13.3. The Morgan fingerprint density at radius 2 is 1.76 bits per heavy atom. The molecule has 0 bridgehead atoms. The fourth-order valence-electron chi connectivity index (χ4n) is 4.77. The van der Waals surface area contributed by atoms with Gasteiger partial charge in [0.2, 0.25) is 5.91 Å². The van der Waals surface area contributed by atoms with Crippen LogP contribution in [0, 0.1) is 0 Å². The van der Waals surface area contributed by atoms with Crippen LogP contribution in [0.1, 0.15) is 29.5 Å². The van der Waals surface area contributed by atoms with E-state index in [1.807, 2.05) is 18.2 Å². The van der Waals surface area contributed by atoms with Gasteiger partial charge in [0.15, 0.2) is 0 Å². The Morgan fingerprint density at radius 3 is 2.59 bits per heavy atom. The third kappa shape index (κ3) is 3.72. The molecule has 1 atom stereocenters. The van der Waals surface area contributed by atoms with Crippen molar-refractivity contribution in [2.24, 2.45) is 0 Å². The Hall–Kier alpha value is -2.86. The molecule has 1 fully saturated rings. The fourth-order valence-corrected chi connectivity index (χ4v) is 4.77. The van der Waals surface area contributed by atoms with Crippen LogP contribution >= 0.6 is 0 Å². The van der Waals surface area contributed by atoms with Crippen molar-refractivity contribution in [1.29, 1.82) is 0 Å². The number of hydrogen-bond acceptors (Lipinski definition) is 3. The lowest BCUT2D eigenvalue weighted by Gasteiger charge is -2.39. The number of fused-ring (bicyclic) bond motifs is 2. The standard InChI is InChI=1S/C23H26N4O2/c28-22(12-16-7-8-20-21(11-16)25-23(29)24-20)27-14-18-6-2-1-5-17(18)13-19(27)15-26-9-3-4-10-26/h1-2,5-8,11,19H,3-4,9-10,12-15H2,(H2,24,25,29). The van der Waals surface area contributed by atoms with E-state index in [0.29, 0.717) is 13.0 Å². The average Bonchev–Trinajstić information content (AvgIpc) is 3.35. The minimum Gasteiger partial charge on any atom is -0.333 e. The van der Waals surface area contributed by atoms with Gasteiger partial charge >= 0.3 is 5.69 Å². The number of aromatic amines is 2. The van der Waals surface area contributed by atoms with Gasteiger partial charge in [0.25, 0.3) is 0 Å². The van der Waals surface area contributed by atoms with Crippen molar-refractivity contribution in [3.05, 3.63) is 69.6 Å². The van der Waals surface area contributed by atoms with Gasteiger partial charge in [-0.05, 0) is 61.2 Å². The van der Waals surface area contributed by atoms with E-state index < -0.39 is 0 Å². The third-order valence-corrected chi connectivity index (χ3v) is 6.28. The minimum absolute atomic E-state index is 0.154. The molecule has 29 heavy (non-hydrogen) atoms. The Labute approximate surface area is 169 Å². The Bertz CT molecular complexity index is 1090. The summed E-state index contributed by atoms with van der Waals surface area (Å²) in [7, 11) is 0. The lowest BCUT2D eigenvalue weighted by Crippen LogP contribution is -2.50. The van der Waals surface area contributed by atoms with E-state index in [-0.39, 0.29) is 17.6 Å². The molecule has 2 aliphatic rings. The molecule has 3 heterocycles. The second-order valence-electron chi connectivity index (χ2n) is 8.29. The van der Waals surface area contributed by atoms with Crippen LogP contribution in [0.25, 0.3) is 11.0 Å². The summed E-state index contributed by atoms with van der Waals surface area (Å²) >= 11 is 0. The Morgan fingerprint density at radius 1 is 1.00 bits per heavy atom. The van der Waals surface area contributed by atoms with Gasteiger partial charge in [-0.3, -0.25) is 4.79 Å². The number of likely N-dealkylation sites (tertiary alicyclic amines) is 1. The maximum Gasteiger partial charge on any atom is 0.323 e. The maximum atomic E-state index is 13.3. The summed E-state index contributed by atoms with van der Waals surface area (Å²) in [6, 6.07) is 14.4. The summed E-state index contributed by atoms with van der Waals surface area (Å²) in [4.78, 5) is 34.9. The molecule has 0 aliphatic carbocycles. The second kappa shape index (κ2) is 7.52. The number of aromatic nitrogens is 2. The van der Waals surface area contributed by atoms with Gasteiger partial charge < -0.3 is 19.8 Å². The Kier molecular flexibility index (Phi) is 4.72. The lowest BCUT2D eigenvalue weighted by atomic mass is 9.93. The summed E-state index contributed by atoms with van der Waals surface area (Å²) < 4.78 is 0. The van der Waals surface area contributed by atoms with Crippen molar-refractivity contribution in [2.75, 3.05) is 19.6 Å². The van der Waals surface area contributed by atoms with Crippen LogP contribution in [-0.2, 0) is 24.2 Å². The largest absolute Gasteiger partial charge is 0.333 e. The number of rotatable bonds is 4. The number of carbonyl (C=O) groups is 1. The normalized spacial score (nSPS) is 19.6. The predicted octanol–water partition coefficient (Wildman–Crippen LogP) is 2.45. The first kappa shape index (κ1) is 18.2. The summed E-state index contributed by atoms with van der Waals surface area (Å²) in [5.41, 5.74) is 4.84. The van der Waals surface area contributed by atoms with Gasteiger partial charge in [-0.15, -0.1) is 0 Å². The van der Waals surface area contributed by atoms with Crippen molar-refractivity contribution in [3.63, 3.8) is 0 Å². The number of carbonyl (C=O) groups excluding carboxylic acids is 1. The summed E-state index contributed by atoms with van der Waals surface area (Å²) in [5, 5.41) is 0. The molecule has 3 aromatic rings. The van der Waals surface area contributed by atoms with E-state index in [1.165, 1.54) is 24.0 Å². The van der Waals surface area contributed by atoms with Gasteiger partial charge in [0.05, 0.1) is 17.5 Å².